The Kier molecular flexibility index (Phi) is 2.40. The number of anilines is 1. The molecule has 3 N–H and O–H groups in total. The van der Waals surface area contributed by atoms with Crippen LogP contribution in [0.15, 0.2) is 18.2 Å². The van der Waals surface area contributed by atoms with E-state index in [0.29, 0.717) is 11.7 Å². The van der Waals surface area contributed by atoms with Crippen LogP contribution in [-0.2, 0) is 0 Å². The molecular weight excluding hydrogens is 230 g/mol. The summed E-state index contributed by atoms with van der Waals surface area (Å²) in [5.41, 5.74) is 8.88. The van der Waals surface area contributed by atoms with E-state index in [1.165, 1.54) is 0 Å². The predicted octanol–water partition coefficient (Wildman–Crippen LogP) is 2.51. The molecule has 2 heterocycles. The van der Waals surface area contributed by atoms with E-state index in [0.717, 1.165) is 28.3 Å². The van der Waals surface area contributed by atoms with Gasteiger partial charge in [0.25, 0.3) is 0 Å². The average molecular weight is 245 g/mol. The average Bonchev–Trinajstić information content (AvgIpc) is 2.93. The number of ether oxygens (including phenoxy) is 2. The lowest BCUT2D eigenvalue weighted by molar-refractivity contribution is 0.174. The van der Waals surface area contributed by atoms with Crippen molar-refractivity contribution < 1.29 is 9.47 Å². The van der Waals surface area contributed by atoms with Crippen molar-refractivity contribution >= 4 is 5.82 Å². The summed E-state index contributed by atoms with van der Waals surface area (Å²) in [6.07, 6.45) is 0. The van der Waals surface area contributed by atoms with Crippen LogP contribution in [0.4, 0.5) is 5.82 Å². The molecule has 0 unspecified atom stereocenters. The summed E-state index contributed by atoms with van der Waals surface area (Å²) < 4.78 is 10.7. The van der Waals surface area contributed by atoms with Crippen molar-refractivity contribution in [2.45, 2.75) is 19.8 Å². The maximum absolute atomic E-state index is 5.89. The largest absolute Gasteiger partial charge is 0.454 e. The van der Waals surface area contributed by atoms with Crippen molar-refractivity contribution in [3.05, 3.63) is 23.8 Å². The molecule has 0 aliphatic carbocycles. The Hall–Kier alpha value is -2.17. The van der Waals surface area contributed by atoms with Crippen molar-refractivity contribution in [2.75, 3.05) is 12.5 Å². The maximum Gasteiger partial charge on any atom is 0.231 e. The number of benzene rings is 1. The first-order chi connectivity index (χ1) is 8.66. The highest BCUT2D eigenvalue weighted by Crippen LogP contribution is 2.38. The Balaban J connectivity index is 2.10. The smallest absolute Gasteiger partial charge is 0.231 e. The summed E-state index contributed by atoms with van der Waals surface area (Å²) in [7, 11) is 0. The topological polar surface area (TPSA) is 73.2 Å². The third-order valence-corrected chi connectivity index (χ3v) is 3.07. The number of aromatic amines is 1. The van der Waals surface area contributed by atoms with Crippen LogP contribution in [-0.4, -0.2) is 17.0 Å². The van der Waals surface area contributed by atoms with E-state index in [1.54, 1.807) is 0 Å². The molecular formula is C13H15N3O2. The third-order valence-electron chi connectivity index (χ3n) is 3.07. The van der Waals surface area contributed by atoms with E-state index in [-0.39, 0.29) is 6.79 Å². The molecule has 5 heteroatoms. The molecule has 5 nitrogen and oxygen atoms in total. The van der Waals surface area contributed by atoms with E-state index < -0.39 is 0 Å². The first kappa shape index (κ1) is 11.0. The van der Waals surface area contributed by atoms with Gasteiger partial charge in [-0.1, -0.05) is 13.8 Å². The van der Waals surface area contributed by atoms with Crippen LogP contribution in [0.3, 0.4) is 0 Å². The predicted molar refractivity (Wildman–Crippen MR) is 68.6 cm³/mol. The summed E-state index contributed by atoms with van der Waals surface area (Å²) in [5, 5.41) is 7.08. The molecule has 1 aliphatic rings. The fourth-order valence-corrected chi connectivity index (χ4v) is 2.22. The van der Waals surface area contributed by atoms with Gasteiger partial charge in [-0.15, -0.1) is 0 Å². The lowest BCUT2D eigenvalue weighted by atomic mass is 9.98. The highest BCUT2D eigenvalue weighted by molar-refractivity contribution is 5.71. The second kappa shape index (κ2) is 3.94. The molecule has 0 radical (unpaired) electrons. The van der Waals surface area contributed by atoms with Crippen molar-refractivity contribution in [1.82, 2.24) is 10.2 Å². The summed E-state index contributed by atoms with van der Waals surface area (Å²) in [4.78, 5) is 0. The van der Waals surface area contributed by atoms with E-state index in [4.69, 9.17) is 15.2 Å². The van der Waals surface area contributed by atoms with Gasteiger partial charge in [0, 0.05) is 11.1 Å². The summed E-state index contributed by atoms with van der Waals surface area (Å²) >= 11 is 0. The highest BCUT2D eigenvalue weighted by atomic mass is 16.7. The number of nitrogens with zero attached hydrogens (tertiary/aromatic N) is 1. The molecule has 1 aromatic heterocycles. The van der Waals surface area contributed by atoms with Gasteiger partial charge < -0.3 is 15.2 Å². The fourth-order valence-electron chi connectivity index (χ4n) is 2.22. The maximum atomic E-state index is 5.89. The van der Waals surface area contributed by atoms with Crippen LogP contribution in [0.5, 0.6) is 11.5 Å². The van der Waals surface area contributed by atoms with Crippen molar-refractivity contribution in [2.24, 2.45) is 0 Å². The van der Waals surface area contributed by atoms with Crippen LogP contribution in [0.2, 0.25) is 0 Å². The quantitative estimate of drug-likeness (QED) is 0.852. The standard InChI is InChI=1S/C13H15N3O2/c1-7(2)11-12(15-16-13(11)14)8-3-4-9-10(5-8)18-6-17-9/h3-5,7H,6H2,1-2H3,(H3,14,15,16). The molecule has 2 aromatic rings. The molecule has 94 valence electrons. The number of nitrogens with one attached hydrogen (secondary N) is 1. The van der Waals surface area contributed by atoms with Gasteiger partial charge in [-0.25, -0.2) is 0 Å². The normalized spacial score (nSPS) is 13.3. The SMILES string of the molecule is CC(C)c1c(N)n[nH]c1-c1ccc2c(c1)OCO2. The molecule has 0 amide bonds. The number of hydrogen-bond donors (Lipinski definition) is 2. The molecule has 0 saturated heterocycles. The lowest BCUT2D eigenvalue weighted by Crippen LogP contribution is -1.95. The van der Waals surface area contributed by atoms with Crippen LogP contribution in [0.25, 0.3) is 11.3 Å². The Bertz CT molecular complexity index is 590. The van der Waals surface area contributed by atoms with Gasteiger partial charge in [-0.2, -0.15) is 5.10 Å². The molecule has 18 heavy (non-hydrogen) atoms. The van der Waals surface area contributed by atoms with E-state index in [2.05, 4.69) is 24.0 Å². The summed E-state index contributed by atoms with van der Waals surface area (Å²) in [5.74, 6) is 2.40. The molecule has 0 bridgehead atoms. The highest BCUT2D eigenvalue weighted by Gasteiger charge is 2.19. The first-order valence-corrected chi connectivity index (χ1v) is 5.90. The van der Waals surface area contributed by atoms with Gasteiger partial charge in [0.15, 0.2) is 11.5 Å². The molecule has 0 spiro atoms. The Morgan fingerprint density at radius 2 is 2.06 bits per heavy atom. The van der Waals surface area contributed by atoms with Gasteiger partial charge in [0.1, 0.15) is 5.82 Å². The van der Waals surface area contributed by atoms with Crippen LogP contribution in [0, 0.1) is 0 Å². The number of fused-ring (bicyclic) bond motifs is 1. The van der Waals surface area contributed by atoms with Crippen molar-refractivity contribution in [3.8, 4) is 22.8 Å². The molecule has 1 aromatic carbocycles. The first-order valence-electron chi connectivity index (χ1n) is 5.90. The minimum Gasteiger partial charge on any atom is -0.454 e. The van der Waals surface area contributed by atoms with E-state index in [9.17, 15) is 0 Å². The number of rotatable bonds is 2. The zero-order valence-corrected chi connectivity index (χ0v) is 10.4. The van der Waals surface area contributed by atoms with Crippen LogP contribution < -0.4 is 15.2 Å². The number of nitrogen functional groups attached to an aromatic ring is 1. The number of hydrogen-bond acceptors (Lipinski definition) is 4. The van der Waals surface area contributed by atoms with Crippen molar-refractivity contribution in [3.63, 3.8) is 0 Å². The minimum atomic E-state index is 0.279. The second-order valence-electron chi connectivity index (χ2n) is 4.62. The monoisotopic (exact) mass is 245 g/mol. The molecule has 0 atom stereocenters. The fraction of sp³-hybridized carbons (Fsp3) is 0.308. The van der Waals surface area contributed by atoms with Crippen molar-refractivity contribution in [1.29, 1.82) is 0 Å². The minimum absolute atomic E-state index is 0.279. The summed E-state index contributed by atoms with van der Waals surface area (Å²) in [6, 6.07) is 5.83. The van der Waals surface area contributed by atoms with Gasteiger partial charge in [-0.05, 0) is 24.1 Å². The van der Waals surface area contributed by atoms with Gasteiger partial charge in [0.2, 0.25) is 6.79 Å². The number of aromatic nitrogens is 2. The lowest BCUT2D eigenvalue weighted by Gasteiger charge is -2.08. The van der Waals surface area contributed by atoms with Crippen LogP contribution >= 0.6 is 0 Å². The Labute approximate surface area is 105 Å². The van der Waals surface area contributed by atoms with Gasteiger partial charge in [-0.3, -0.25) is 5.10 Å². The number of H-pyrrole nitrogens is 1. The van der Waals surface area contributed by atoms with E-state index >= 15 is 0 Å². The Morgan fingerprint density at radius 1 is 1.28 bits per heavy atom. The van der Waals surface area contributed by atoms with Crippen LogP contribution in [0.1, 0.15) is 25.3 Å². The summed E-state index contributed by atoms with van der Waals surface area (Å²) in [6.45, 7) is 4.47. The zero-order chi connectivity index (χ0) is 12.7. The van der Waals surface area contributed by atoms with Gasteiger partial charge in [0.05, 0.1) is 5.69 Å². The Morgan fingerprint density at radius 3 is 2.83 bits per heavy atom. The molecule has 0 fully saturated rings. The second-order valence-corrected chi connectivity index (χ2v) is 4.62. The third kappa shape index (κ3) is 1.59. The molecule has 1 aliphatic heterocycles. The zero-order valence-electron chi connectivity index (χ0n) is 10.4. The molecule has 3 rings (SSSR count). The number of nitrogens with two attached hydrogens (primary N) is 1. The van der Waals surface area contributed by atoms with Gasteiger partial charge >= 0.3 is 0 Å². The van der Waals surface area contributed by atoms with E-state index in [1.807, 2.05) is 18.2 Å². The molecule has 0 saturated carbocycles.